The van der Waals surface area contributed by atoms with Crippen LogP contribution in [0.5, 0.6) is 0 Å². The number of nitrogens with one attached hydrogen (secondary N) is 4. The molecule has 162 valence electrons. The van der Waals surface area contributed by atoms with Crippen LogP contribution in [0.1, 0.15) is 25.3 Å². The van der Waals surface area contributed by atoms with Gasteiger partial charge in [-0.2, -0.15) is 13.2 Å². The summed E-state index contributed by atoms with van der Waals surface area (Å²) in [5.41, 5.74) is 5.59. The summed E-state index contributed by atoms with van der Waals surface area (Å²) in [5.74, 6) is -0.280. The molecular weight excluding hydrogens is 441 g/mol. The summed E-state index contributed by atoms with van der Waals surface area (Å²) in [4.78, 5) is 11.3. The van der Waals surface area contributed by atoms with E-state index in [9.17, 15) is 18.0 Å². The minimum absolute atomic E-state index is 0.0259. The zero-order valence-electron chi connectivity index (χ0n) is 15.9. The summed E-state index contributed by atoms with van der Waals surface area (Å²) in [5, 5.41) is 14.7. The number of aromatic nitrogens is 2. The lowest BCUT2D eigenvalue weighted by molar-refractivity contribution is -0.136. The van der Waals surface area contributed by atoms with Crippen LogP contribution >= 0.6 is 22.9 Å². The Morgan fingerprint density at radius 1 is 1.30 bits per heavy atom. The van der Waals surface area contributed by atoms with E-state index in [-0.39, 0.29) is 17.1 Å². The minimum Gasteiger partial charge on any atom is -0.356 e. The number of amides is 1. The van der Waals surface area contributed by atoms with Gasteiger partial charge in [-0.15, -0.1) is 21.8 Å². The van der Waals surface area contributed by atoms with Crippen LogP contribution in [-0.2, 0) is 11.0 Å². The SMILES string of the molecule is CC(=O)Nc1cc(-c2nnc(NC3CCC4NNCC4C3Cl)s2)ccc1C(F)(F)F. The van der Waals surface area contributed by atoms with Crippen LogP contribution < -0.4 is 21.5 Å². The van der Waals surface area contributed by atoms with Crippen LogP contribution in [0.25, 0.3) is 10.6 Å². The van der Waals surface area contributed by atoms with Gasteiger partial charge in [-0.1, -0.05) is 17.4 Å². The van der Waals surface area contributed by atoms with Gasteiger partial charge >= 0.3 is 6.18 Å². The molecule has 0 spiro atoms. The number of benzene rings is 1. The number of carbonyl (C=O) groups is 1. The van der Waals surface area contributed by atoms with Gasteiger partial charge in [0.2, 0.25) is 11.0 Å². The van der Waals surface area contributed by atoms with Gasteiger partial charge in [0.25, 0.3) is 0 Å². The maximum atomic E-state index is 13.2. The molecule has 4 unspecified atom stereocenters. The van der Waals surface area contributed by atoms with Gasteiger partial charge in [-0.3, -0.25) is 15.6 Å². The summed E-state index contributed by atoms with van der Waals surface area (Å²) in [6.45, 7) is 1.96. The molecule has 12 heteroatoms. The molecular formula is C18H20ClF3N6OS. The van der Waals surface area contributed by atoms with E-state index in [1.54, 1.807) is 0 Å². The molecule has 1 aromatic heterocycles. The van der Waals surface area contributed by atoms with Crippen molar-refractivity contribution in [1.82, 2.24) is 21.0 Å². The second-order valence-corrected chi connectivity index (χ2v) is 8.90. The van der Waals surface area contributed by atoms with Crippen molar-refractivity contribution >= 4 is 39.7 Å². The second-order valence-electron chi connectivity index (χ2n) is 7.42. The molecule has 4 rings (SSSR count). The Balaban J connectivity index is 1.53. The molecule has 1 aromatic carbocycles. The van der Waals surface area contributed by atoms with E-state index in [0.29, 0.717) is 27.7 Å². The number of fused-ring (bicyclic) bond motifs is 1. The number of nitrogens with zero attached hydrogens (tertiary/aromatic N) is 2. The maximum Gasteiger partial charge on any atom is 0.418 e. The van der Waals surface area contributed by atoms with Gasteiger partial charge in [0.1, 0.15) is 5.01 Å². The third kappa shape index (κ3) is 4.39. The number of anilines is 2. The average molecular weight is 461 g/mol. The molecule has 1 aliphatic heterocycles. The quantitative estimate of drug-likeness (QED) is 0.522. The predicted octanol–water partition coefficient (Wildman–Crippen LogP) is 3.46. The van der Waals surface area contributed by atoms with Gasteiger partial charge < -0.3 is 10.6 Å². The summed E-state index contributed by atoms with van der Waals surface area (Å²) in [6.07, 6.45) is -2.74. The van der Waals surface area contributed by atoms with Crippen LogP contribution in [0.3, 0.4) is 0 Å². The van der Waals surface area contributed by atoms with Crippen molar-refractivity contribution in [2.75, 3.05) is 17.2 Å². The molecule has 4 atom stereocenters. The van der Waals surface area contributed by atoms with E-state index < -0.39 is 17.6 Å². The first-order valence-electron chi connectivity index (χ1n) is 9.44. The standard InChI is InChI=1S/C18H20ClF3N6OS/c1-8(29)24-14-6-9(2-3-11(14)18(20,21)22)16-27-28-17(30-16)25-13-5-4-12-10(15(13)19)7-23-26-12/h2-3,6,10,12-13,15,23,26H,4-5,7H2,1H3,(H,24,29)(H,25,28). The highest BCUT2D eigenvalue weighted by atomic mass is 35.5. The van der Waals surface area contributed by atoms with E-state index in [4.69, 9.17) is 11.6 Å². The van der Waals surface area contributed by atoms with Gasteiger partial charge in [0.05, 0.1) is 16.6 Å². The van der Waals surface area contributed by atoms with Crippen LogP contribution in [0, 0.1) is 5.92 Å². The first-order chi connectivity index (χ1) is 14.2. The fourth-order valence-corrected chi connectivity index (χ4v) is 5.18. The lowest BCUT2D eigenvalue weighted by Crippen LogP contribution is -2.47. The maximum absolute atomic E-state index is 13.2. The highest BCUT2D eigenvalue weighted by Gasteiger charge is 2.41. The van der Waals surface area contributed by atoms with Crippen molar-refractivity contribution in [2.45, 2.75) is 43.4 Å². The molecule has 0 radical (unpaired) electrons. The number of alkyl halides is 4. The second kappa shape index (κ2) is 8.29. The van der Waals surface area contributed by atoms with Crippen LogP contribution in [0.2, 0.25) is 0 Å². The molecule has 2 fully saturated rings. The average Bonchev–Trinajstić information content (AvgIpc) is 3.32. The highest BCUT2D eigenvalue weighted by Crippen LogP contribution is 2.39. The molecule has 1 amide bonds. The zero-order chi connectivity index (χ0) is 21.5. The number of carbonyl (C=O) groups excluding carboxylic acids is 1. The van der Waals surface area contributed by atoms with Crippen molar-refractivity contribution in [2.24, 2.45) is 5.92 Å². The molecule has 1 saturated carbocycles. The van der Waals surface area contributed by atoms with E-state index in [1.807, 2.05) is 0 Å². The van der Waals surface area contributed by atoms with Crippen LogP contribution in [0.4, 0.5) is 24.0 Å². The van der Waals surface area contributed by atoms with Crippen molar-refractivity contribution in [3.8, 4) is 10.6 Å². The van der Waals surface area contributed by atoms with Crippen LogP contribution in [-0.4, -0.2) is 40.1 Å². The Hall–Kier alpha value is -1.95. The third-order valence-electron chi connectivity index (χ3n) is 5.34. The van der Waals surface area contributed by atoms with Crippen LogP contribution in [0.15, 0.2) is 18.2 Å². The molecule has 0 bridgehead atoms. The normalized spacial score (nSPS) is 26.3. The zero-order valence-corrected chi connectivity index (χ0v) is 17.5. The fourth-order valence-electron chi connectivity index (χ4n) is 3.92. The molecule has 1 aliphatic carbocycles. The molecule has 30 heavy (non-hydrogen) atoms. The lowest BCUT2D eigenvalue weighted by Gasteiger charge is -2.35. The molecule has 2 aliphatic rings. The van der Waals surface area contributed by atoms with E-state index in [2.05, 4.69) is 31.7 Å². The van der Waals surface area contributed by atoms with E-state index >= 15 is 0 Å². The first-order valence-corrected chi connectivity index (χ1v) is 10.7. The number of rotatable bonds is 4. The Kier molecular flexibility index (Phi) is 5.88. The van der Waals surface area contributed by atoms with Crippen molar-refractivity contribution in [1.29, 1.82) is 0 Å². The number of hydrogen-bond donors (Lipinski definition) is 4. The number of hydrazine groups is 1. The summed E-state index contributed by atoms with van der Waals surface area (Å²) in [7, 11) is 0. The van der Waals surface area contributed by atoms with Crippen molar-refractivity contribution < 1.29 is 18.0 Å². The van der Waals surface area contributed by atoms with Gasteiger partial charge in [-0.25, -0.2) is 0 Å². The van der Waals surface area contributed by atoms with Crippen molar-refractivity contribution in [3.05, 3.63) is 23.8 Å². The number of hydrogen-bond acceptors (Lipinski definition) is 7. The lowest BCUT2D eigenvalue weighted by atomic mass is 9.82. The van der Waals surface area contributed by atoms with E-state index in [0.717, 1.165) is 32.4 Å². The molecule has 4 N–H and O–H groups in total. The summed E-state index contributed by atoms with van der Waals surface area (Å²) in [6, 6.07) is 3.91. The smallest absolute Gasteiger partial charge is 0.356 e. The molecule has 7 nitrogen and oxygen atoms in total. The first kappa shape index (κ1) is 21.3. The third-order valence-corrected chi connectivity index (χ3v) is 6.87. The van der Waals surface area contributed by atoms with Gasteiger partial charge in [0.15, 0.2) is 0 Å². The monoisotopic (exact) mass is 460 g/mol. The van der Waals surface area contributed by atoms with Gasteiger partial charge in [0, 0.05) is 37.0 Å². The summed E-state index contributed by atoms with van der Waals surface area (Å²) < 4.78 is 39.7. The summed E-state index contributed by atoms with van der Waals surface area (Å²) >= 11 is 7.88. The largest absolute Gasteiger partial charge is 0.418 e. The minimum atomic E-state index is -4.58. The Morgan fingerprint density at radius 3 is 2.83 bits per heavy atom. The van der Waals surface area contributed by atoms with E-state index in [1.165, 1.54) is 23.5 Å². The fraction of sp³-hybridized carbons (Fsp3) is 0.500. The number of halogens is 4. The topological polar surface area (TPSA) is 91.0 Å². The Labute approximate surface area is 179 Å². The Bertz CT molecular complexity index is 939. The highest BCUT2D eigenvalue weighted by molar-refractivity contribution is 7.18. The molecule has 1 saturated heterocycles. The van der Waals surface area contributed by atoms with Crippen molar-refractivity contribution in [3.63, 3.8) is 0 Å². The predicted molar refractivity (Wildman–Crippen MR) is 109 cm³/mol. The Morgan fingerprint density at radius 2 is 2.10 bits per heavy atom. The van der Waals surface area contributed by atoms with Gasteiger partial charge in [-0.05, 0) is 25.0 Å². The molecule has 2 heterocycles. The molecule has 2 aromatic rings.